The molecule has 12 heavy (non-hydrogen) atoms. The van der Waals surface area contributed by atoms with Gasteiger partial charge in [-0.3, -0.25) is 0 Å². The summed E-state index contributed by atoms with van der Waals surface area (Å²) in [5, 5.41) is 1.10. The number of furan rings is 1. The summed E-state index contributed by atoms with van der Waals surface area (Å²) in [5.41, 5.74) is 6.33. The second-order valence-electron chi connectivity index (χ2n) is 2.60. The van der Waals surface area contributed by atoms with E-state index in [0.717, 1.165) is 21.2 Å². The lowest BCUT2D eigenvalue weighted by atomic mass is 10.2. The highest BCUT2D eigenvalue weighted by molar-refractivity contribution is 9.10. The van der Waals surface area contributed by atoms with Crippen LogP contribution in [0.15, 0.2) is 33.2 Å². The van der Waals surface area contributed by atoms with Crippen LogP contribution in [0.4, 0.5) is 0 Å². The van der Waals surface area contributed by atoms with Gasteiger partial charge in [0.25, 0.3) is 0 Å². The van der Waals surface area contributed by atoms with Crippen molar-refractivity contribution in [3.05, 3.63) is 34.5 Å². The largest absolute Gasteiger partial charge is 0.460 e. The van der Waals surface area contributed by atoms with Gasteiger partial charge in [0, 0.05) is 9.86 Å². The smallest absolute Gasteiger partial charge is 0.135 e. The minimum Gasteiger partial charge on any atom is -0.460 e. The lowest BCUT2D eigenvalue weighted by molar-refractivity contribution is 0.552. The molecule has 0 amide bonds. The Bertz CT molecular complexity index is 408. The maximum absolute atomic E-state index is 5.45. The van der Waals surface area contributed by atoms with Crippen LogP contribution >= 0.6 is 15.9 Å². The summed E-state index contributed by atoms with van der Waals surface area (Å²) in [5.74, 6) is 0.822. The molecule has 0 atom stereocenters. The van der Waals surface area contributed by atoms with Crippen LogP contribution in [0.5, 0.6) is 0 Å². The quantitative estimate of drug-likeness (QED) is 0.811. The van der Waals surface area contributed by atoms with Gasteiger partial charge in [0.1, 0.15) is 11.3 Å². The molecule has 2 rings (SSSR count). The van der Waals surface area contributed by atoms with Crippen molar-refractivity contribution in [3.8, 4) is 0 Å². The first kappa shape index (κ1) is 7.83. The van der Waals surface area contributed by atoms with Crippen LogP contribution in [-0.2, 0) is 6.54 Å². The van der Waals surface area contributed by atoms with Gasteiger partial charge in [-0.15, -0.1) is 0 Å². The minimum absolute atomic E-state index is 0.451. The van der Waals surface area contributed by atoms with Crippen LogP contribution in [0.1, 0.15) is 5.76 Å². The molecule has 0 saturated carbocycles. The summed E-state index contributed by atoms with van der Waals surface area (Å²) in [6.07, 6.45) is 0. The molecular weight excluding hydrogens is 218 g/mol. The molecule has 0 bridgehead atoms. The Kier molecular flexibility index (Phi) is 1.90. The Balaban J connectivity index is 2.67. The molecule has 0 unspecified atom stereocenters. The van der Waals surface area contributed by atoms with Gasteiger partial charge in [0.05, 0.1) is 6.54 Å². The van der Waals surface area contributed by atoms with E-state index in [9.17, 15) is 0 Å². The van der Waals surface area contributed by atoms with Crippen molar-refractivity contribution in [1.82, 2.24) is 0 Å². The second kappa shape index (κ2) is 2.92. The SMILES string of the molecule is NCc1cc2ccc(Br)cc2o1. The minimum atomic E-state index is 0.451. The third-order valence-corrected chi connectivity index (χ3v) is 2.23. The highest BCUT2D eigenvalue weighted by Crippen LogP contribution is 2.22. The molecule has 62 valence electrons. The van der Waals surface area contributed by atoms with Crippen molar-refractivity contribution in [2.45, 2.75) is 6.54 Å². The van der Waals surface area contributed by atoms with Gasteiger partial charge in [-0.25, -0.2) is 0 Å². The standard InChI is InChI=1S/C9H8BrNO/c10-7-2-1-6-3-8(5-11)12-9(6)4-7/h1-4H,5,11H2. The maximum atomic E-state index is 5.45. The first-order valence-corrected chi connectivity index (χ1v) is 4.47. The fourth-order valence-electron chi connectivity index (χ4n) is 1.16. The molecule has 0 aliphatic rings. The van der Waals surface area contributed by atoms with Gasteiger partial charge >= 0.3 is 0 Å². The Morgan fingerprint density at radius 3 is 2.92 bits per heavy atom. The molecular formula is C9H8BrNO. The lowest BCUT2D eigenvalue weighted by Gasteiger charge is -1.88. The molecule has 1 aromatic heterocycles. The van der Waals surface area contributed by atoms with Gasteiger partial charge in [-0.05, 0) is 24.3 Å². The van der Waals surface area contributed by atoms with Crippen molar-refractivity contribution >= 4 is 26.9 Å². The van der Waals surface area contributed by atoms with E-state index in [-0.39, 0.29) is 0 Å². The summed E-state index contributed by atoms with van der Waals surface area (Å²) in [7, 11) is 0. The van der Waals surface area contributed by atoms with E-state index in [1.165, 1.54) is 0 Å². The van der Waals surface area contributed by atoms with E-state index in [4.69, 9.17) is 10.2 Å². The average molecular weight is 226 g/mol. The Morgan fingerprint density at radius 2 is 2.17 bits per heavy atom. The molecule has 2 nitrogen and oxygen atoms in total. The van der Waals surface area contributed by atoms with Crippen LogP contribution in [0.25, 0.3) is 11.0 Å². The van der Waals surface area contributed by atoms with E-state index >= 15 is 0 Å². The summed E-state index contributed by atoms with van der Waals surface area (Å²) in [6, 6.07) is 7.89. The molecule has 0 aliphatic carbocycles. The van der Waals surface area contributed by atoms with Crippen molar-refractivity contribution in [3.63, 3.8) is 0 Å². The molecule has 2 aromatic rings. The molecule has 0 spiro atoms. The van der Waals surface area contributed by atoms with Gasteiger partial charge in [-0.1, -0.05) is 15.9 Å². The van der Waals surface area contributed by atoms with E-state index in [0.29, 0.717) is 6.54 Å². The summed E-state index contributed by atoms with van der Waals surface area (Å²) < 4.78 is 6.46. The van der Waals surface area contributed by atoms with Crippen LogP contribution in [0, 0.1) is 0 Å². The molecule has 2 N–H and O–H groups in total. The second-order valence-corrected chi connectivity index (χ2v) is 3.51. The van der Waals surface area contributed by atoms with E-state index < -0.39 is 0 Å². The number of benzene rings is 1. The summed E-state index contributed by atoms with van der Waals surface area (Å²) in [6.45, 7) is 0.451. The van der Waals surface area contributed by atoms with Crippen LogP contribution in [0.2, 0.25) is 0 Å². The van der Waals surface area contributed by atoms with Crippen molar-refractivity contribution in [2.75, 3.05) is 0 Å². The first-order valence-electron chi connectivity index (χ1n) is 3.67. The monoisotopic (exact) mass is 225 g/mol. The molecule has 0 radical (unpaired) electrons. The van der Waals surface area contributed by atoms with E-state index in [2.05, 4.69) is 15.9 Å². The van der Waals surface area contributed by atoms with E-state index in [1.54, 1.807) is 0 Å². The fraction of sp³-hybridized carbons (Fsp3) is 0.111. The Hall–Kier alpha value is -0.800. The average Bonchev–Trinajstić information content (AvgIpc) is 2.46. The van der Waals surface area contributed by atoms with Crippen molar-refractivity contribution in [1.29, 1.82) is 0 Å². The Morgan fingerprint density at radius 1 is 1.33 bits per heavy atom. The molecule has 0 aliphatic heterocycles. The molecule has 3 heteroatoms. The van der Waals surface area contributed by atoms with Crippen molar-refractivity contribution in [2.24, 2.45) is 5.73 Å². The zero-order valence-electron chi connectivity index (χ0n) is 6.38. The molecule has 1 aromatic carbocycles. The predicted molar refractivity (Wildman–Crippen MR) is 51.8 cm³/mol. The van der Waals surface area contributed by atoms with Gasteiger partial charge in [0.15, 0.2) is 0 Å². The third-order valence-electron chi connectivity index (χ3n) is 1.73. The highest BCUT2D eigenvalue weighted by atomic mass is 79.9. The number of nitrogens with two attached hydrogens (primary N) is 1. The first-order chi connectivity index (χ1) is 5.79. The third kappa shape index (κ3) is 1.26. The van der Waals surface area contributed by atoms with Crippen LogP contribution in [0.3, 0.4) is 0 Å². The zero-order valence-corrected chi connectivity index (χ0v) is 7.97. The maximum Gasteiger partial charge on any atom is 0.135 e. The van der Waals surface area contributed by atoms with Gasteiger partial charge in [-0.2, -0.15) is 0 Å². The lowest BCUT2D eigenvalue weighted by Crippen LogP contribution is -1.92. The van der Waals surface area contributed by atoms with Gasteiger partial charge in [0.2, 0.25) is 0 Å². The zero-order chi connectivity index (χ0) is 8.55. The Labute approximate surface area is 78.5 Å². The predicted octanol–water partition coefficient (Wildman–Crippen LogP) is 2.65. The van der Waals surface area contributed by atoms with Crippen molar-refractivity contribution < 1.29 is 4.42 Å². The molecule has 0 saturated heterocycles. The number of rotatable bonds is 1. The summed E-state index contributed by atoms with van der Waals surface area (Å²) in [4.78, 5) is 0. The highest BCUT2D eigenvalue weighted by Gasteiger charge is 2.01. The number of hydrogen-bond acceptors (Lipinski definition) is 2. The molecule has 1 heterocycles. The van der Waals surface area contributed by atoms with Gasteiger partial charge < -0.3 is 10.2 Å². The summed E-state index contributed by atoms with van der Waals surface area (Å²) >= 11 is 3.37. The van der Waals surface area contributed by atoms with Crippen LogP contribution < -0.4 is 5.73 Å². The molecule has 0 fully saturated rings. The number of halogens is 1. The fourth-order valence-corrected chi connectivity index (χ4v) is 1.50. The van der Waals surface area contributed by atoms with Crippen LogP contribution in [-0.4, -0.2) is 0 Å². The normalized spacial score (nSPS) is 10.8. The number of hydrogen-bond donors (Lipinski definition) is 1. The topological polar surface area (TPSA) is 39.2 Å². The number of fused-ring (bicyclic) bond motifs is 1. The van der Waals surface area contributed by atoms with E-state index in [1.807, 2.05) is 24.3 Å².